The predicted molar refractivity (Wildman–Crippen MR) is 89.5 cm³/mol. The molecule has 1 aromatic carbocycles. The Kier molecular flexibility index (Phi) is 6.17. The summed E-state index contributed by atoms with van der Waals surface area (Å²) in [7, 11) is 0. The first-order valence-electron chi connectivity index (χ1n) is 6.56. The molecule has 1 heterocycles. The van der Waals surface area contributed by atoms with E-state index in [1.165, 1.54) is 11.5 Å². The third kappa shape index (κ3) is 4.13. The third-order valence-corrected chi connectivity index (χ3v) is 4.65. The fraction of sp³-hybridized carbons (Fsp3) is 0.357. The van der Waals surface area contributed by atoms with E-state index in [1.54, 1.807) is 0 Å². The number of aliphatic hydroxyl groups excluding tert-OH is 1. The smallest absolute Gasteiger partial charge is 0.147 e. The average Bonchev–Trinajstić information content (AvgIpc) is 2.84. The molecule has 20 heavy (non-hydrogen) atoms. The largest absolute Gasteiger partial charge is 0.396 e. The summed E-state index contributed by atoms with van der Waals surface area (Å²) in [6, 6.07) is 10.1. The molecule has 0 aliphatic rings. The second kappa shape index (κ2) is 8.14. The first kappa shape index (κ1) is 15.2. The van der Waals surface area contributed by atoms with Crippen molar-refractivity contribution in [1.29, 1.82) is 0 Å². The van der Waals surface area contributed by atoms with Crippen LogP contribution in [0.15, 0.2) is 30.3 Å². The first-order valence-corrected chi connectivity index (χ1v) is 8.48. The van der Waals surface area contributed by atoms with Crippen molar-refractivity contribution in [2.24, 2.45) is 0 Å². The fourth-order valence-electron chi connectivity index (χ4n) is 1.81. The van der Waals surface area contributed by atoms with Gasteiger partial charge in [0, 0.05) is 18.9 Å². The molecule has 1 aromatic heterocycles. The predicted octanol–water partition coefficient (Wildman–Crippen LogP) is 2.92. The normalized spacial score (nSPS) is 10.7. The highest BCUT2D eigenvalue weighted by Gasteiger charge is 2.12. The van der Waals surface area contributed by atoms with Crippen molar-refractivity contribution in [3.8, 4) is 11.1 Å². The van der Waals surface area contributed by atoms with Crippen LogP contribution < -0.4 is 11.1 Å². The maximum Gasteiger partial charge on any atom is 0.147 e. The molecule has 2 aromatic rings. The number of hydrogen-bond donors (Lipinski definition) is 3. The molecule has 0 spiro atoms. The number of aromatic nitrogens is 1. The molecule has 0 unspecified atom stereocenters. The van der Waals surface area contributed by atoms with Crippen LogP contribution in [0.5, 0.6) is 0 Å². The summed E-state index contributed by atoms with van der Waals surface area (Å²) in [6.07, 6.45) is 0.855. The Morgan fingerprint density at radius 2 is 2.05 bits per heavy atom. The lowest BCUT2D eigenvalue weighted by atomic mass is 10.1. The summed E-state index contributed by atoms with van der Waals surface area (Å²) >= 11 is 3.24. The van der Waals surface area contributed by atoms with Crippen LogP contribution in [0.3, 0.4) is 0 Å². The lowest BCUT2D eigenvalue weighted by molar-refractivity contribution is 0.296. The van der Waals surface area contributed by atoms with Crippen molar-refractivity contribution in [3.63, 3.8) is 0 Å². The molecule has 0 radical (unpaired) electrons. The number of hydrogen-bond acceptors (Lipinski definition) is 6. The van der Waals surface area contributed by atoms with E-state index in [9.17, 15) is 0 Å². The Morgan fingerprint density at radius 1 is 1.25 bits per heavy atom. The highest BCUT2D eigenvalue weighted by Crippen LogP contribution is 2.36. The van der Waals surface area contributed by atoms with Crippen molar-refractivity contribution in [3.05, 3.63) is 30.3 Å². The van der Waals surface area contributed by atoms with Gasteiger partial charge in [-0.1, -0.05) is 30.3 Å². The summed E-state index contributed by atoms with van der Waals surface area (Å²) in [5.41, 5.74) is 8.06. The number of nitrogen functional groups attached to an aromatic ring is 1. The fourth-order valence-corrected chi connectivity index (χ4v) is 3.36. The maximum atomic E-state index is 8.72. The Morgan fingerprint density at radius 3 is 2.80 bits per heavy atom. The lowest BCUT2D eigenvalue weighted by Gasteiger charge is -2.07. The maximum absolute atomic E-state index is 8.72. The first-order chi connectivity index (χ1) is 9.83. The van der Waals surface area contributed by atoms with E-state index in [-0.39, 0.29) is 6.61 Å². The topological polar surface area (TPSA) is 71.2 Å². The minimum Gasteiger partial charge on any atom is -0.396 e. The van der Waals surface area contributed by atoms with E-state index >= 15 is 0 Å². The van der Waals surface area contributed by atoms with Crippen LogP contribution in [0, 0.1) is 0 Å². The van der Waals surface area contributed by atoms with Gasteiger partial charge in [0.2, 0.25) is 0 Å². The quantitative estimate of drug-likeness (QED) is 0.654. The second-order valence-corrected chi connectivity index (χ2v) is 6.25. The van der Waals surface area contributed by atoms with Gasteiger partial charge in [0.15, 0.2) is 0 Å². The van der Waals surface area contributed by atoms with E-state index in [0.717, 1.165) is 40.6 Å². The van der Waals surface area contributed by atoms with Crippen molar-refractivity contribution in [2.75, 3.05) is 35.7 Å². The zero-order valence-electron chi connectivity index (χ0n) is 11.2. The van der Waals surface area contributed by atoms with Crippen LogP contribution in [0.2, 0.25) is 0 Å². The van der Waals surface area contributed by atoms with E-state index < -0.39 is 0 Å². The monoisotopic (exact) mass is 309 g/mol. The van der Waals surface area contributed by atoms with E-state index in [4.69, 9.17) is 10.8 Å². The van der Waals surface area contributed by atoms with Crippen LogP contribution in [0.1, 0.15) is 6.42 Å². The molecule has 2 rings (SSSR count). The SMILES string of the molecule is Nc1nsc(NCCSCCCO)c1-c1ccccc1. The van der Waals surface area contributed by atoms with Crippen molar-refractivity contribution < 1.29 is 5.11 Å². The minimum atomic E-state index is 0.268. The Bertz CT molecular complexity index is 516. The summed E-state index contributed by atoms with van der Waals surface area (Å²) in [4.78, 5) is 0. The standard InChI is InChI=1S/C14H19N3OS2/c15-13-12(11-5-2-1-3-6-11)14(20-17-13)16-7-10-19-9-4-8-18/h1-3,5-6,16,18H,4,7-10H2,(H2,15,17). The van der Waals surface area contributed by atoms with Gasteiger partial charge in [0.05, 0.1) is 5.56 Å². The van der Waals surface area contributed by atoms with E-state index in [0.29, 0.717) is 5.82 Å². The van der Waals surface area contributed by atoms with Crippen molar-refractivity contribution in [1.82, 2.24) is 4.37 Å². The molecule has 0 saturated carbocycles. The molecule has 0 fully saturated rings. The molecule has 4 N–H and O–H groups in total. The molecule has 0 amide bonds. The van der Waals surface area contributed by atoms with Gasteiger partial charge in [0.25, 0.3) is 0 Å². The zero-order chi connectivity index (χ0) is 14.2. The van der Waals surface area contributed by atoms with Gasteiger partial charge in [-0.2, -0.15) is 16.1 Å². The van der Waals surface area contributed by atoms with Crippen LogP contribution >= 0.6 is 23.3 Å². The Hall–Kier alpha value is -1.24. The number of nitrogens with zero attached hydrogens (tertiary/aromatic N) is 1. The van der Waals surface area contributed by atoms with Gasteiger partial charge < -0.3 is 16.2 Å². The summed E-state index contributed by atoms with van der Waals surface area (Å²) in [5.74, 6) is 2.58. The molecule has 6 heteroatoms. The highest BCUT2D eigenvalue weighted by atomic mass is 32.2. The number of nitrogens with one attached hydrogen (secondary N) is 1. The van der Waals surface area contributed by atoms with Gasteiger partial charge in [0.1, 0.15) is 10.8 Å². The van der Waals surface area contributed by atoms with Crippen LogP contribution in [-0.2, 0) is 0 Å². The van der Waals surface area contributed by atoms with Crippen LogP contribution in [0.4, 0.5) is 10.8 Å². The molecule has 0 aliphatic carbocycles. The van der Waals surface area contributed by atoms with Crippen molar-refractivity contribution in [2.45, 2.75) is 6.42 Å². The number of anilines is 2. The van der Waals surface area contributed by atoms with Gasteiger partial charge in [-0.05, 0) is 29.3 Å². The molecular formula is C14H19N3OS2. The molecule has 0 saturated heterocycles. The third-order valence-electron chi connectivity index (χ3n) is 2.76. The number of nitrogens with two attached hydrogens (primary N) is 1. The van der Waals surface area contributed by atoms with Gasteiger partial charge in [-0.25, -0.2) is 0 Å². The zero-order valence-corrected chi connectivity index (χ0v) is 12.8. The van der Waals surface area contributed by atoms with Gasteiger partial charge in [-0.15, -0.1) is 0 Å². The van der Waals surface area contributed by atoms with Gasteiger partial charge >= 0.3 is 0 Å². The Labute approximate surface area is 127 Å². The molecule has 0 aliphatic heterocycles. The molecule has 108 valence electrons. The number of thioether (sulfide) groups is 1. The summed E-state index contributed by atoms with van der Waals surface area (Å²) < 4.78 is 4.24. The van der Waals surface area contributed by atoms with E-state index in [2.05, 4.69) is 9.69 Å². The molecular weight excluding hydrogens is 290 g/mol. The number of benzene rings is 1. The Balaban J connectivity index is 1.93. The van der Waals surface area contributed by atoms with E-state index in [1.807, 2.05) is 42.1 Å². The molecule has 0 atom stereocenters. The second-order valence-electron chi connectivity index (χ2n) is 4.25. The summed E-state index contributed by atoms with van der Waals surface area (Å²) in [5, 5.41) is 13.1. The minimum absolute atomic E-state index is 0.268. The number of aliphatic hydroxyl groups is 1. The molecule has 0 bridgehead atoms. The average molecular weight is 309 g/mol. The van der Waals surface area contributed by atoms with Crippen LogP contribution in [0.25, 0.3) is 11.1 Å². The number of rotatable bonds is 8. The summed E-state index contributed by atoms with van der Waals surface area (Å²) in [6.45, 7) is 1.14. The van der Waals surface area contributed by atoms with Crippen LogP contribution in [-0.4, -0.2) is 34.1 Å². The lowest BCUT2D eigenvalue weighted by Crippen LogP contribution is -2.04. The van der Waals surface area contributed by atoms with Gasteiger partial charge in [-0.3, -0.25) is 0 Å². The molecule has 4 nitrogen and oxygen atoms in total. The highest BCUT2D eigenvalue weighted by molar-refractivity contribution is 7.99. The van der Waals surface area contributed by atoms with Crippen molar-refractivity contribution >= 4 is 34.1 Å².